The molecule has 1 aliphatic heterocycles. The van der Waals surface area contributed by atoms with Crippen molar-refractivity contribution in [3.63, 3.8) is 0 Å². The van der Waals surface area contributed by atoms with Gasteiger partial charge in [0.05, 0.1) is 0 Å². The number of benzene rings is 1. The fourth-order valence-corrected chi connectivity index (χ4v) is 2.67. The van der Waals surface area contributed by atoms with E-state index in [9.17, 15) is 0 Å². The molecule has 0 N–H and O–H groups in total. The van der Waals surface area contributed by atoms with E-state index in [1.54, 1.807) is 5.57 Å². The van der Waals surface area contributed by atoms with Crippen molar-refractivity contribution in [3.05, 3.63) is 35.4 Å². The normalized spacial score (nSPS) is 13.8. The zero-order chi connectivity index (χ0) is 11.3. The summed E-state index contributed by atoms with van der Waals surface area (Å²) in [5, 5.41) is 0. The van der Waals surface area contributed by atoms with Gasteiger partial charge in [0, 0.05) is 10.6 Å². The summed E-state index contributed by atoms with van der Waals surface area (Å²) in [5.41, 5.74) is 2.95. The summed E-state index contributed by atoms with van der Waals surface area (Å²) >= 11 is 1.96. The highest BCUT2D eigenvalue weighted by molar-refractivity contribution is 7.99. The molecule has 0 aliphatic carbocycles. The van der Waals surface area contributed by atoms with E-state index in [0.717, 1.165) is 5.75 Å². The van der Waals surface area contributed by atoms with Crippen LogP contribution in [-0.4, -0.2) is 5.75 Å². The van der Waals surface area contributed by atoms with Crippen molar-refractivity contribution < 1.29 is 0 Å². The van der Waals surface area contributed by atoms with Gasteiger partial charge in [0.25, 0.3) is 0 Å². The highest BCUT2D eigenvalue weighted by Crippen LogP contribution is 2.33. The van der Waals surface area contributed by atoms with Gasteiger partial charge >= 0.3 is 0 Å². The molecule has 1 aromatic carbocycles. The molecule has 0 aromatic heterocycles. The Bertz CT molecular complexity index is 337. The maximum atomic E-state index is 2.34. The summed E-state index contributed by atoms with van der Waals surface area (Å²) in [7, 11) is 0. The van der Waals surface area contributed by atoms with Crippen molar-refractivity contribution in [2.75, 3.05) is 5.75 Å². The van der Waals surface area contributed by atoms with Crippen LogP contribution in [0.4, 0.5) is 0 Å². The fourth-order valence-electron chi connectivity index (χ4n) is 1.47. The van der Waals surface area contributed by atoms with E-state index >= 15 is 0 Å². The van der Waals surface area contributed by atoms with Gasteiger partial charge in [-0.15, -0.1) is 11.8 Å². The average molecular weight is 220 g/mol. The van der Waals surface area contributed by atoms with Gasteiger partial charge in [-0.25, -0.2) is 0 Å². The van der Waals surface area contributed by atoms with Crippen LogP contribution in [-0.2, 0) is 0 Å². The quantitative estimate of drug-likeness (QED) is 0.651. The van der Waals surface area contributed by atoms with Gasteiger partial charge in [-0.05, 0) is 17.5 Å². The molecule has 0 saturated carbocycles. The number of fused-ring (bicyclic) bond motifs is 1. The van der Waals surface area contributed by atoms with Gasteiger partial charge in [0.1, 0.15) is 0 Å². The Morgan fingerprint density at radius 3 is 2.47 bits per heavy atom. The van der Waals surface area contributed by atoms with E-state index < -0.39 is 0 Å². The Morgan fingerprint density at radius 2 is 1.80 bits per heavy atom. The molecule has 0 bridgehead atoms. The van der Waals surface area contributed by atoms with Gasteiger partial charge < -0.3 is 0 Å². The predicted octanol–water partition coefficient (Wildman–Crippen LogP) is 4.86. The second kappa shape index (κ2) is 6.02. The first-order chi connectivity index (χ1) is 7.27. The summed E-state index contributed by atoms with van der Waals surface area (Å²) in [6, 6.07) is 8.62. The molecule has 1 heterocycles. The minimum atomic E-state index is 0.681. The summed E-state index contributed by atoms with van der Waals surface area (Å²) in [5.74, 6) is 1.84. The molecule has 1 aromatic rings. The number of thioether (sulfide) groups is 1. The first-order valence-electron chi connectivity index (χ1n) is 5.69. The van der Waals surface area contributed by atoms with Crippen molar-refractivity contribution in [2.24, 2.45) is 5.92 Å². The highest BCUT2D eigenvalue weighted by Gasteiger charge is 2.11. The minimum Gasteiger partial charge on any atom is -0.121 e. The molecule has 0 amide bonds. The van der Waals surface area contributed by atoms with Gasteiger partial charge in [0.2, 0.25) is 0 Å². The van der Waals surface area contributed by atoms with Crippen molar-refractivity contribution in [1.29, 1.82) is 0 Å². The van der Waals surface area contributed by atoms with E-state index in [4.69, 9.17) is 0 Å². The maximum Gasteiger partial charge on any atom is 0.0196 e. The summed E-state index contributed by atoms with van der Waals surface area (Å²) in [4.78, 5) is 1.42. The molecule has 1 aliphatic rings. The van der Waals surface area contributed by atoms with Crippen LogP contribution in [0.3, 0.4) is 0 Å². The van der Waals surface area contributed by atoms with Crippen LogP contribution in [0.15, 0.2) is 34.7 Å². The molecule has 0 unspecified atom stereocenters. The second-order valence-corrected chi connectivity index (χ2v) is 4.72. The smallest absolute Gasteiger partial charge is 0.0196 e. The van der Waals surface area contributed by atoms with Crippen LogP contribution in [0.1, 0.15) is 33.3 Å². The molecule has 0 fully saturated rings. The van der Waals surface area contributed by atoms with Gasteiger partial charge in [-0.3, -0.25) is 0 Å². The van der Waals surface area contributed by atoms with Gasteiger partial charge in [-0.2, -0.15) is 0 Å². The first-order valence-corrected chi connectivity index (χ1v) is 6.68. The summed E-state index contributed by atoms with van der Waals surface area (Å²) in [6.07, 6.45) is 2.34. The minimum absolute atomic E-state index is 0.681. The van der Waals surface area contributed by atoms with E-state index in [0.29, 0.717) is 5.92 Å². The van der Waals surface area contributed by atoms with Crippen LogP contribution in [0.5, 0.6) is 0 Å². The van der Waals surface area contributed by atoms with E-state index in [1.807, 2.05) is 25.6 Å². The standard InChI is InChI=1S/C12H14S.C2H6/c1-9(2)11-7-10-5-3-4-6-12(10)13-8-11;1-2/h3-7,9H,8H2,1-2H3;1-2H3. The molecule has 15 heavy (non-hydrogen) atoms. The predicted molar refractivity (Wildman–Crippen MR) is 71.3 cm³/mol. The lowest BCUT2D eigenvalue weighted by Gasteiger charge is -2.18. The molecule has 0 spiro atoms. The fraction of sp³-hybridized carbons (Fsp3) is 0.429. The average Bonchev–Trinajstić information content (AvgIpc) is 2.31. The number of hydrogen-bond acceptors (Lipinski definition) is 1. The largest absolute Gasteiger partial charge is 0.121 e. The topological polar surface area (TPSA) is 0 Å². The molecule has 1 heteroatoms. The van der Waals surface area contributed by atoms with Gasteiger partial charge in [0.15, 0.2) is 0 Å². The zero-order valence-corrected chi connectivity index (χ0v) is 10.9. The molecular weight excluding hydrogens is 200 g/mol. The molecule has 0 radical (unpaired) electrons. The van der Waals surface area contributed by atoms with Crippen molar-refractivity contribution in [2.45, 2.75) is 32.6 Å². The van der Waals surface area contributed by atoms with Crippen LogP contribution < -0.4 is 0 Å². The van der Waals surface area contributed by atoms with Crippen molar-refractivity contribution in [1.82, 2.24) is 0 Å². The highest BCUT2D eigenvalue weighted by atomic mass is 32.2. The van der Waals surface area contributed by atoms with Crippen LogP contribution in [0, 0.1) is 5.92 Å². The van der Waals surface area contributed by atoms with Crippen molar-refractivity contribution in [3.8, 4) is 0 Å². The molecule has 0 atom stereocenters. The third-order valence-corrected chi connectivity index (χ3v) is 3.56. The van der Waals surface area contributed by atoms with Crippen LogP contribution >= 0.6 is 11.8 Å². The second-order valence-electron chi connectivity index (χ2n) is 3.70. The lowest BCUT2D eigenvalue weighted by molar-refractivity contribution is 0.777. The lowest BCUT2D eigenvalue weighted by atomic mass is 10.0. The molecule has 2 rings (SSSR count). The SMILES string of the molecule is CC.CC(C)C1=Cc2ccccc2SC1. The number of rotatable bonds is 1. The van der Waals surface area contributed by atoms with Crippen LogP contribution in [0.2, 0.25) is 0 Å². The lowest BCUT2D eigenvalue weighted by Crippen LogP contribution is -2.01. The Balaban J connectivity index is 0.000000531. The van der Waals surface area contributed by atoms with E-state index in [2.05, 4.69) is 44.2 Å². The van der Waals surface area contributed by atoms with E-state index in [-0.39, 0.29) is 0 Å². The summed E-state index contributed by atoms with van der Waals surface area (Å²) in [6.45, 7) is 8.53. The van der Waals surface area contributed by atoms with Crippen LogP contribution in [0.25, 0.3) is 6.08 Å². The third kappa shape index (κ3) is 3.13. The Kier molecular flexibility index (Phi) is 4.97. The Morgan fingerprint density at radius 1 is 1.13 bits per heavy atom. The summed E-state index contributed by atoms with van der Waals surface area (Å²) < 4.78 is 0. The number of hydrogen-bond donors (Lipinski definition) is 0. The molecule has 82 valence electrons. The maximum absolute atomic E-state index is 2.34. The third-order valence-electron chi connectivity index (χ3n) is 2.40. The van der Waals surface area contributed by atoms with Crippen molar-refractivity contribution >= 4 is 17.8 Å². The monoisotopic (exact) mass is 220 g/mol. The molecule has 0 saturated heterocycles. The Hall–Kier alpha value is -0.690. The zero-order valence-electron chi connectivity index (χ0n) is 10.1. The first kappa shape index (κ1) is 12.4. The van der Waals surface area contributed by atoms with E-state index in [1.165, 1.54) is 10.5 Å². The van der Waals surface area contributed by atoms with Gasteiger partial charge in [-0.1, -0.05) is 57.5 Å². The Labute approximate surface area is 97.8 Å². The molecular formula is C14H20S. The molecule has 0 nitrogen and oxygen atoms in total.